The Morgan fingerprint density at radius 2 is 1.54 bits per heavy atom. The van der Waals surface area contributed by atoms with Gasteiger partial charge in [0.15, 0.2) is 0 Å². The second-order valence-electron chi connectivity index (χ2n) is 6.75. The zero-order valence-electron chi connectivity index (χ0n) is 15.4. The van der Waals surface area contributed by atoms with Crippen molar-refractivity contribution in [3.8, 4) is 0 Å². The number of imide groups is 1. The van der Waals surface area contributed by atoms with Crippen LogP contribution in [0.15, 0.2) is 48.5 Å². The van der Waals surface area contributed by atoms with E-state index in [2.05, 4.69) is 10.2 Å². The summed E-state index contributed by atoms with van der Waals surface area (Å²) in [6, 6.07) is 14.3. The third-order valence-electron chi connectivity index (χ3n) is 4.97. The van der Waals surface area contributed by atoms with Crippen molar-refractivity contribution in [2.45, 2.75) is 6.42 Å². The number of fused-ring (bicyclic) bond motifs is 1. The van der Waals surface area contributed by atoms with E-state index in [4.69, 9.17) is 4.74 Å². The highest BCUT2D eigenvalue weighted by atomic mass is 16.5. The van der Waals surface area contributed by atoms with Crippen molar-refractivity contribution in [2.75, 3.05) is 43.1 Å². The zero-order chi connectivity index (χ0) is 19.5. The smallest absolute Gasteiger partial charge is 0.261 e. The third kappa shape index (κ3) is 3.61. The van der Waals surface area contributed by atoms with Crippen molar-refractivity contribution in [3.63, 3.8) is 0 Å². The van der Waals surface area contributed by atoms with Crippen LogP contribution in [0.25, 0.3) is 0 Å². The van der Waals surface area contributed by atoms with Crippen LogP contribution in [0.4, 0.5) is 11.4 Å². The fraction of sp³-hybridized carbons (Fsp3) is 0.286. The average Bonchev–Trinajstić information content (AvgIpc) is 2.98. The van der Waals surface area contributed by atoms with Crippen LogP contribution in [-0.2, 0) is 9.53 Å². The summed E-state index contributed by atoms with van der Waals surface area (Å²) >= 11 is 0. The second kappa shape index (κ2) is 7.82. The summed E-state index contributed by atoms with van der Waals surface area (Å²) in [5.41, 5.74) is 2.56. The van der Waals surface area contributed by atoms with Crippen molar-refractivity contribution < 1.29 is 19.1 Å². The number of amides is 3. The standard InChI is InChI=1S/C21H21N3O4/c25-19(9-10-24-20(26)17-3-1-2-4-18(17)21(24)27)22-15-5-7-16(8-6-15)23-11-13-28-14-12-23/h1-8H,9-14H2,(H,22,25). The van der Waals surface area contributed by atoms with E-state index in [0.717, 1.165) is 36.9 Å². The van der Waals surface area contributed by atoms with Crippen LogP contribution in [0.2, 0.25) is 0 Å². The third-order valence-corrected chi connectivity index (χ3v) is 4.97. The van der Waals surface area contributed by atoms with Crippen molar-refractivity contribution >= 4 is 29.1 Å². The molecule has 1 N–H and O–H groups in total. The predicted molar refractivity (Wildman–Crippen MR) is 105 cm³/mol. The quantitative estimate of drug-likeness (QED) is 0.806. The second-order valence-corrected chi connectivity index (χ2v) is 6.75. The summed E-state index contributed by atoms with van der Waals surface area (Å²) in [6.45, 7) is 3.20. The Bertz CT molecular complexity index is 869. The minimum atomic E-state index is -0.344. The minimum absolute atomic E-state index is 0.0523. The van der Waals surface area contributed by atoms with Gasteiger partial charge in [-0.15, -0.1) is 0 Å². The maximum Gasteiger partial charge on any atom is 0.261 e. The van der Waals surface area contributed by atoms with Gasteiger partial charge in [-0.25, -0.2) is 0 Å². The van der Waals surface area contributed by atoms with E-state index in [1.54, 1.807) is 24.3 Å². The maximum atomic E-state index is 12.3. The summed E-state index contributed by atoms with van der Waals surface area (Å²) in [6.07, 6.45) is 0.0523. The monoisotopic (exact) mass is 379 g/mol. The molecule has 0 radical (unpaired) electrons. The van der Waals surface area contributed by atoms with Crippen LogP contribution >= 0.6 is 0 Å². The topological polar surface area (TPSA) is 79.0 Å². The Labute approximate surface area is 162 Å². The Morgan fingerprint density at radius 3 is 2.14 bits per heavy atom. The molecule has 0 aromatic heterocycles. The van der Waals surface area contributed by atoms with Gasteiger partial charge in [-0.1, -0.05) is 12.1 Å². The van der Waals surface area contributed by atoms with Crippen LogP contribution in [0.3, 0.4) is 0 Å². The molecule has 0 bridgehead atoms. The molecule has 144 valence electrons. The number of hydrogen-bond donors (Lipinski definition) is 1. The molecule has 0 aliphatic carbocycles. The van der Waals surface area contributed by atoms with Crippen molar-refractivity contribution in [3.05, 3.63) is 59.7 Å². The van der Waals surface area contributed by atoms with Gasteiger partial charge in [0.05, 0.1) is 24.3 Å². The zero-order valence-corrected chi connectivity index (χ0v) is 15.4. The molecular weight excluding hydrogens is 358 g/mol. The lowest BCUT2D eigenvalue weighted by Crippen LogP contribution is -2.36. The molecule has 2 aromatic rings. The first kappa shape index (κ1) is 18.2. The van der Waals surface area contributed by atoms with Crippen LogP contribution in [0, 0.1) is 0 Å². The van der Waals surface area contributed by atoms with Gasteiger partial charge in [0.1, 0.15) is 0 Å². The number of nitrogens with zero attached hydrogens (tertiary/aromatic N) is 2. The molecule has 0 spiro atoms. The summed E-state index contributed by atoms with van der Waals surface area (Å²) in [7, 11) is 0. The fourth-order valence-corrected chi connectivity index (χ4v) is 3.46. The normalized spacial score (nSPS) is 16.3. The van der Waals surface area contributed by atoms with E-state index >= 15 is 0 Å². The molecule has 2 aromatic carbocycles. The van der Waals surface area contributed by atoms with E-state index in [1.165, 1.54) is 0 Å². The molecule has 0 unspecified atom stereocenters. The predicted octanol–water partition coefficient (Wildman–Crippen LogP) is 2.15. The minimum Gasteiger partial charge on any atom is -0.378 e. The van der Waals surface area contributed by atoms with E-state index in [9.17, 15) is 14.4 Å². The molecule has 1 saturated heterocycles. The molecule has 4 rings (SSSR count). The Balaban J connectivity index is 1.31. The lowest BCUT2D eigenvalue weighted by atomic mass is 10.1. The van der Waals surface area contributed by atoms with Crippen molar-refractivity contribution in [2.24, 2.45) is 0 Å². The maximum absolute atomic E-state index is 12.3. The number of anilines is 2. The first-order valence-corrected chi connectivity index (χ1v) is 9.31. The number of morpholine rings is 1. The van der Waals surface area contributed by atoms with Crippen LogP contribution < -0.4 is 10.2 Å². The first-order valence-electron chi connectivity index (χ1n) is 9.31. The summed E-state index contributed by atoms with van der Waals surface area (Å²) in [5.74, 6) is -0.929. The number of carbonyl (C=O) groups excluding carboxylic acids is 3. The highest BCUT2D eigenvalue weighted by Gasteiger charge is 2.34. The summed E-state index contributed by atoms with van der Waals surface area (Å²) in [5, 5.41) is 2.82. The molecule has 3 amide bonds. The molecule has 0 saturated carbocycles. The molecule has 2 aliphatic heterocycles. The van der Waals surface area contributed by atoms with Gasteiger partial charge >= 0.3 is 0 Å². The van der Waals surface area contributed by atoms with Gasteiger partial charge in [0.2, 0.25) is 5.91 Å². The number of benzene rings is 2. The molecule has 28 heavy (non-hydrogen) atoms. The summed E-state index contributed by atoms with van der Waals surface area (Å²) in [4.78, 5) is 40.3. The number of rotatable bonds is 5. The SMILES string of the molecule is O=C(CCN1C(=O)c2ccccc2C1=O)Nc1ccc(N2CCOCC2)cc1. The number of nitrogens with one attached hydrogen (secondary N) is 1. The Hall–Kier alpha value is -3.19. The molecule has 2 aliphatic rings. The van der Waals surface area contributed by atoms with E-state index in [1.807, 2.05) is 24.3 Å². The van der Waals surface area contributed by atoms with Gasteiger partial charge in [0, 0.05) is 37.4 Å². The Kier molecular flexibility index (Phi) is 5.08. The molecule has 1 fully saturated rings. The molecular formula is C21H21N3O4. The van der Waals surface area contributed by atoms with Gasteiger partial charge in [-0.2, -0.15) is 0 Å². The van der Waals surface area contributed by atoms with Crippen LogP contribution in [0.1, 0.15) is 27.1 Å². The highest BCUT2D eigenvalue weighted by Crippen LogP contribution is 2.23. The number of ether oxygens (including phenoxy) is 1. The van der Waals surface area contributed by atoms with Crippen molar-refractivity contribution in [1.29, 1.82) is 0 Å². The van der Waals surface area contributed by atoms with Crippen molar-refractivity contribution in [1.82, 2.24) is 4.90 Å². The average molecular weight is 379 g/mol. The lowest BCUT2D eigenvalue weighted by Gasteiger charge is -2.28. The van der Waals surface area contributed by atoms with Gasteiger partial charge in [-0.3, -0.25) is 19.3 Å². The largest absolute Gasteiger partial charge is 0.378 e. The lowest BCUT2D eigenvalue weighted by molar-refractivity contribution is -0.116. The molecule has 7 heteroatoms. The molecule has 0 atom stereocenters. The van der Waals surface area contributed by atoms with Gasteiger partial charge < -0.3 is 15.0 Å². The fourth-order valence-electron chi connectivity index (χ4n) is 3.46. The summed E-state index contributed by atoms with van der Waals surface area (Å²) < 4.78 is 5.35. The molecule has 2 heterocycles. The number of carbonyl (C=O) groups is 3. The van der Waals surface area contributed by atoms with E-state index in [-0.39, 0.29) is 30.7 Å². The van der Waals surface area contributed by atoms with E-state index in [0.29, 0.717) is 16.8 Å². The van der Waals surface area contributed by atoms with Crippen LogP contribution in [0.5, 0.6) is 0 Å². The first-order chi connectivity index (χ1) is 13.6. The Morgan fingerprint density at radius 1 is 0.929 bits per heavy atom. The molecule has 7 nitrogen and oxygen atoms in total. The van der Waals surface area contributed by atoms with Crippen LogP contribution in [-0.4, -0.2) is 55.5 Å². The van der Waals surface area contributed by atoms with E-state index < -0.39 is 0 Å². The highest BCUT2D eigenvalue weighted by molar-refractivity contribution is 6.21. The number of hydrogen-bond acceptors (Lipinski definition) is 5. The van der Waals surface area contributed by atoms with Gasteiger partial charge in [0.25, 0.3) is 11.8 Å². The van der Waals surface area contributed by atoms with Gasteiger partial charge in [-0.05, 0) is 36.4 Å².